The fourth-order valence-electron chi connectivity index (χ4n) is 2.21. The number of allylic oxidation sites excluding steroid dienone is 2. The minimum absolute atomic E-state index is 0.560. The molecule has 1 rings (SSSR count). The predicted molar refractivity (Wildman–Crippen MR) is 80.5 cm³/mol. The van der Waals surface area contributed by atoms with Crippen LogP contribution < -0.4 is 18.9 Å². The molecular formula is C16H24O4. The van der Waals surface area contributed by atoms with Crippen molar-refractivity contribution in [2.24, 2.45) is 0 Å². The second-order valence-corrected chi connectivity index (χ2v) is 4.72. The van der Waals surface area contributed by atoms with E-state index in [0.29, 0.717) is 23.0 Å². The molecule has 4 nitrogen and oxygen atoms in total. The van der Waals surface area contributed by atoms with E-state index in [9.17, 15) is 0 Å². The van der Waals surface area contributed by atoms with Crippen LogP contribution in [0.15, 0.2) is 11.6 Å². The van der Waals surface area contributed by atoms with Crippen molar-refractivity contribution in [2.75, 3.05) is 28.4 Å². The van der Waals surface area contributed by atoms with Gasteiger partial charge in [0, 0.05) is 11.1 Å². The van der Waals surface area contributed by atoms with Crippen LogP contribution in [0.25, 0.3) is 0 Å². The highest BCUT2D eigenvalue weighted by Gasteiger charge is 2.24. The summed E-state index contributed by atoms with van der Waals surface area (Å²) < 4.78 is 21.9. The summed E-state index contributed by atoms with van der Waals surface area (Å²) in [5, 5.41) is 0. The summed E-state index contributed by atoms with van der Waals surface area (Å²) in [6.45, 7) is 6.14. The van der Waals surface area contributed by atoms with Gasteiger partial charge in [-0.2, -0.15) is 0 Å². The van der Waals surface area contributed by atoms with E-state index in [-0.39, 0.29) is 0 Å². The zero-order valence-electron chi connectivity index (χ0n) is 13.4. The first kappa shape index (κ1) is 16.2. The Bertz CT molecular complexity index is 500. The average Bonchev–Trinajstić information content (AvgIpc) is 2.43. The molecule has 0 heterocycles. The number of benzene rings is 1. The van der Waals surface area contributed by atoms with Gasteiger partial charge in [0.15, 0.2) is 11.5 Å². The molecule has 0 amide bonds. The summed E-state index contributed by atoms with van der Waals surface area (Å²) in [5.41, 5.74) is 3.29. The Hall–Kier alpha value is -1.84. The van der Waals surface area contributed by atoms with Crippen LogP contribution in [0.3, 0.4) is 0 Å². The summed E-state index contributed by atoms with van der Waals surface area (Å²) >= 11 is 0. The van der Waals surface area contributed by atoms with Crippen LogP contribution in [-0.4, -0.2) is 28.4 Å². The van der Waals surface area contributed by atoms with Gasteiger partial charge in [-0.3, -0.25) is 0 Å². The molecule has 0 aliphatic heterocycles. The van der Waals surface area contributed by atoms with Crippen LogP contribution in [0.1, 0.15) is 25.0 Å². The first-order chi connectivity index (χ1) is 9.51. The SMILES string of the molecule is COc1c(C)c(CC=C(C)C)c(OC)c(OC)c1OC. The van der Waals surface area contributed by atoms with Crippen LogP contribution in [0.5, 0.6) is 23.0 Å². The molecule has 1 aromatic carbocycles. The Morgan fingerprint density at radius 3 is 1.65 bits per heavy atom. The van der Waals surface area contributed by atoms with E-state index in [1.807, 2.05) is 6.92 Å². The molecule has 0 radical (unpaired) electrons. The summed E-state index contributed by atoms with van der Waals surface area (Å²) in [7, 11) is 6.45. The van der Waals surface area contributed by atoms with Crippen LogP contribution in [0, 0.1) is 6.92 Å². The minimum Gasteiger partial charge on any atom is -0.492 e. The molecule has 0 bridgehead atoms. The second kappa shape index (κ2) is 7.08. The Labute approximate surface area is 121 Å². The number of hydrogen-bond acceptors (Lipinski definition) is 4. The van der Waals surface area contributed by atoms with Crippen LogP contribution >= 0.6 is 0 Å². The molecule has 0 N–H and O–H groups in total. The largest absolute Gasteiger partial charge is 0.492 e. The lowest BCUT2D eigenvalue weighted by molar-refractivity contribution is 0.302. The van der Waals surface area contributed by atoms with Gasteiger partial charge in [0.2, 0.25) is 11.5 Å². The minimum atomic E-state index is 0.560. The van der Waals surface area contributed by atoms with Gasteiger partial charge in [-0.1, -0.05) is 11.6 Å². The van der Waals surface area contributed by atoms with Gasteiger partial charge in [0.05, 0.1) is 28.4 Å². The first-order valence-corrected chi connectivity index (χ1v) is 6.50. The average molecular weight is 280 g/mol. The molecular weight excluding hydrogens is 256 g/mol. The molecule has 20 heavy (non-hydrogen) atoms. The van der Waals surface area contributed by atoms with Crippen LogP contribution in [0.2, 0.25) is 0 Å². The Balaban J connectivity index is 3.60. The summed E-state index contributed by atoms with van der Waals surface area (Å²) in [6, 6.07) is 0. The fraction of sp³-hybridized carbons (Fsp3) is 0.500. The Morgan fingerprint density at radius 1 is 0.800 bits per heavy atom. The van der Waals surface area contributed by atoms with Gasteiger partial charge in [-0.05, 0) is 27.2 Å². The third-order valence-corrected chi connectivity index (χ3v) is 3.22. The molecule has 0 aliphatic carbocycles. The Morgan fingerprint density at radius 2 is 1.25 bits per heavy atom. The van der Waals surface area contributed by atoms with Gasteiger partial charge in [-0.15, -0.1) is 0 Å². The van der Waals surface area contributed by atoms with E-state index in [4.69, 9.17) is 18.9 Å². The van der Waals surface area contributed by atoms with Crippen molar-refractivity contribution in [1.82, 2.24) is 0 Å². The number of ether oxygens (including phenoxy) is 4. The molecule has 0 aliphatic rings. The van der Waals surface area contributed by atoms with Crippen molar-refractivity contribution in [3.8, 4) is 23.0 Å². The molecule has 0 saturated heterocycles. The lowest BCUT2D eigenvalue weighted by Crippen LogP contribution is -2.04. The zero-order chi connectivity index (χ0) is 15.3. The highest BCUT2D eigenvalue weighted by molar-refractivity contribution is 5.67. The summed E-state index contributed by atoms with van der Waals surface area (Å²) in [5.74, 6) is 2.50. The van der Waals surface area contributed by atoms with E-state index < -0.39 is 0 Å². The molecule has 0 spiro atoms. The summed E-state index contributed by atoms with van der Waals surface area (Å²) in [4.78, 5) is 0. The maximum Gasteiger partial charge on any atom is 0.207 e. The molecule has 112 valence electrons. The van der Waals surface area contributed by atoms with Crippen LogP contribution in [0.4, 0.5) is 0 Å². The normalized spacial score (nSPS) is 9.95. The number of methoxy groups -OCH3 is 4. The third-order valence-electron chi connectivity index (χ3n) is 3.22. The topological polar surface area (TPSA) is 36.9 Å². The van der Waals surface area contributed by atoms with Crippen molar-refractivity contribution < 1.29 is 18.9 Å². The maximum absolute atomic E-state index is 5.53. The van der Waals surface area contributed by atoms with E-state index in [0.717, 1.165) is 17.5 Å². The lowest BCUT2D eigenvalue weighted by Gasteiger charge is -2.21. The van der Waals surface area contributed by atoms with Crippen molar-refractivity contribution in [1.29, 1.82) is 0 Å². The second-order valence-electron chi connectivity index (χ2n) is 4.72. The molecule has 0 unspecified atom stereocenters. The van der Waals surface area contributed by atoms with E-state index in [1.54, 1.807) is 28.4 Å². The smallest absolute Gasteiger partial charge is 0.207 e. The fourth-order valence-corrected chi connectivity index (χ4v) is 2.21. The van der Waals surface area contributed by atoms with E-state index >= 15 is 0 Å². The van der Waals surface area contributed by atoms with E-state index in [2.05, 4.69) is 19.9 Å². The van der Waals surface area contributed by atoms with E-state index in [1.165, 1.54) is 5.57 Å². The third kappa shape index (κ3) is 3.00. The molecule has 0 fully saturated rings. The summed E-state index contributed by atoms with van der Waals surface area (Å²) in [6.07, 6.45) is 2.91. The quantitative estimate of drug-likeness (QED) is 0.747. The van der Waals surface area contributed by atoms with Crippen molar-refractivity contribution in [3.05, 3.63) is 22.8 Å². The highest BCUT2D eigenvalue weighted by Crippen LogP contribution is 2.49. The highest BCUT2D eigenvalue weighted by atomic mass is 16.5. The zero-order valence-corrected chi connectivity index (χ0v) is 13.4. The maximum atomic E-state index is 5.53. The molecule has 0 atom stereocenters. The van der Waals surface area contributed by atoms with Gasteiger partial charge < -0.3 is 18.9 Å². The first-order valence-electron chi connectivity index (χ1n) is 6.50. The van der Waals surface area contributed by atoms with Crippen molar-refractivity contribution >= 4 is 0 Å². The molecule has 0 aromatic heterocycles. The van der Waals surface area contributed by atoms with Gasteiger partial charge in [0.1, 0.15) is 0 Å². The molecule has 1 aromatic rings. The molecule has 0 saturated carbocycles. The van der Waals surface area contributed by atoms with Crippen LogP contribution in [-0.2, 0) is 6.42 Å². The van der Waals surface area contributed by atoms with Gasteiger partial charge >= 0.3 is 0 Å². The lowest BCUT2D eigenvalue weighted by atomic mass is 10.0. The number of hydrogen-bond donors (Lipinski definition) is 0. The Kier molecular flexibility index (Phi) is 5.74. The van der Waals surface area contributed by atoms with Gasteiger partial charge in [-0.25, -0.2) is 0 Å². The van der Waals surface area contributed by atoms with Gasteiger partial charge in [0.25, 0.3) is 0 Å². The monoisotopic (exact) mass is 280 g/mol. The predicted octanol–water partition coefficient (Wildman–Crippen LogP) is 3.54. The van der Waals surface area contributed by atoms with Crippen molar-refractivity contribution in [2.45, 2.75) is 27.2 Å². The standard InChI is InChI=1S/C16H24O4/c1-10(2)8-9-12-11(3)13(17-4)15(19-6)16(20-7)14(12)18-5/h8H,9H2,1-7H3. The van der Waals surface area contributed by atoms with Crippen molar-refractivity contribution in [3.63, 3.8) is 0 Å². The molecule has 4 heteroatoms. The number of rotatable bonds is 6.